The van der Waals surface area contributed by atoms with Crippen LogP contribution in [0.1, 0.15) is 49.8 Å². The minimum atomic E-state index is 0.401. The normalized spacial score (nSPS) is 23.3. The fraction of sp³-hybridized carbons (Fsp3) is 0.800. The fourth-order valence-corrected chi connectivity index (χ4v) is 3.21. The van der Waals surface area contributed by atoms with Crippen molar-refractivity contribution in [2.24, 2.45) is 0 Å². The summed E-state index contributed by atoms with van der Waals surface area (Å²) in [6.45, 7) is 6.19. The van der Waals surface area contributed by atoms with Crippen LogP contribution < -0.4 is 5.32 Å². The van der Waals surface area contributed by atoms with Crippen LogP contribution in [-0.2, 0) is 30.7 Å². The fourth-order valence-electron chi connectivity index (χ4n) is 3.21. The number of hydrogen-bond donors (Lipinski definition) is 1. The van der Waals surface area contributed by atoms with Crippen LogP contribution in [0.4, 0.5) is 0 Å². The number of aryl methyl sites for hydroxylation is 1. The van der Waals surface area contributed by atoms with Gasteiger partial charge in [-0.05, 0) is 25.7 Å². The Morgan fingerprint density at radius 2 is 2.37 bits per heavy atom. The molecule has 3 heterocycles. The zero-order chi connectivity index (χ0) is 13.1. The quantitative estimate of drug-likeness (QED) is 0.903. The molecule has 0 spiro atoms. The third-order valence-electron chi connectivity index (χ3n) is 4.20. The number of nitrogens with zero attached hydrogens (tertiary/aromatic N) is 2. The lowest BCUT2D eigenvalue weighted by Gasteiger charge is -2.25. The van der Waals surface area contributed by atoms with Crippen LogP contribution in [0.25, 0.3) is 0 Å². The van der Waals surface area contributed by atoms with E-state index in [4.69, 9.17) is 9.72 Å². The number of nitrogens with one attached hydrogen (secondary N) is 1. The minimum absolute atomic E-state index is 0.401. The van der Waals surface area contributed by atoms with Gasteiger partial charge in [-0.15, -0.1) is 0 Å². The summed E-state index contributed by atoms with van der Waals surface area (Å²) in [6.07, 6.45) is 7.50. The van der Waals surface area contributed by atoms with E-state index in [0.29, 0.717) is 6.10 Å². The molecule has 0 aromatic carbocycles. The first kappa shape index (κ1) is 13.1. The Bertz CT molecular complexity index is 421. The molecule has 4 nitrogen and oxygen atoms in total. The molecule has 0 saturated carbocycles. The van der Waals surface area contributed by atoms with Crippen LogP contribution in [0.3, 0.4) is 0 Å². The topological polar surface area (TPSA) is 39.1 Å². The monoisotopic (exact) mass is 263 g/mol. The highest BCUT2D eigenvalue weighted by Crippen LogP contribution is 2.21. The minimum Gasteiger partial charge on any atom is -0.376 e. The molecule has 2 aliphatic heterocycles. The Morgan fingerprint density at radius 1 is 1.42 bits per heavy atom. The number of hydrogen-bond acceptors (Lipinski definition) is 3. The van der Waals surface area contributed by atoms with Gasteiger partial charge in [0, 0.05) is 38.2 Å². The number of rotatable bonds is 4. The molecule has 1 atom stereocenters. The summed E-state index contributed by atoms with van der Waals surface area (Å²) in [5.41, 5.74) is 2.72. The molecular weight excluding hydrogens is 238 g/mol. The molecule has 2 aliphatic rings. The number of aromatic nitrogens is 2. The van der Waals surface area contributed by atoms with Gasteiger partial charge in [0.2, 0.25) is 0 Å². The van der Waals surface area contributed by atoms with E-state index in [-0.39, 0.29) is 0 Å². The maximum atomic E-state index is 5.91. The molecule has 1 unspecified atom stereocenters. The predicted molar refractivity (Wildman–Crippen MR) is 75.2 cm³/mol. The average Bonchev–Trinajstić information content (AvgIpc) is 2.79. The molecule has 1 aromatic rings. The Hall–Kier alpha value is -0.870. The van der Waals surface area contributed by atoms with Gasteiger partial charge in [-0.1, -0.05) is 6.92 Å². The molecule has 1 N–H and O–H groups in total. The summed E-state index contributed by atoms with van der Waals surface area (Å²) in [6, 6.07) is 0. The summed E-state index contributed by atoms with van der Waals surface area (Å²) < 4.78 is 8.38. The summed E-state index contributed by atoms with van der Waals surface area (Å²) >= 11 is 0. The highest BCUT2D eigenvalue weighted by molar-refractivity contribution is 5.20. The second-order valence-corrected chi connectivity index (χ2v) is 5.70. The van der Waals surface area contributed by atoms with Crippen LogP contribution >= 0.6 is 0 Å². The highest BCUT2D eigenvalue weighted by Gasteiger charge is 2.22. The Kier molecular flexibility index (Phi) is 4.18. The largest absolute Gasteiger partial charge is 0.376 e. The van der Waals surface area contributed by atoms with Crippen LogP contribution in [0.2, 0.25) is 0 Å². The van der Waals surface area contributed by atoms with E-state index in [0.717, 1.165) is 45.5 Å². The van der Waals surface area contributed by atoms with Gasteiger partial charge in [0.15, 0.2) is 0 Å². The van der Waals surface area contributed by atoms with E-state index in [9.17, 15) is 0 Å². The second kappa shape index (κ2) is 6.06. The lowest BCUT2D eigenvalue weighted by Crippen LogP contribution is -2.29. The van der Waals surface area contributed by atoms with Crippen LogP contribution in [0.15, 0.2) is 0 Å². The maximum absolute atomic E-state index is 5.91. The van der Waals surface area contributed by atoms with E-state index in [1.54, 1.807) is 0 Å². The lowest BCUT2D eigenvalue weighted by atomic mass is 10.1. The van der Waals surface area contributed by atoms with Crippen LogP contribution in [0, 0.1) is 0 Å². The predicted octanol–water partition coefficient (Wildman–Crippen LogP) is 2.05. The zero-order valence-corrected chi connectivity index (χ0v) is 12.0. The molecule has 0 bridgehead atoms. The third kappa shape index (κ3) is 2.84. The van der Waals surface area contributed by atoms with Crippen molar-refractivity contribution in [2.75, 3.05) is 13.2 Å². The lowest BCUT2D eigenvalue weighted by molar-refractivity contribution is 0.00507. The summed E-state index contributed by atoms with van der Waals surface area (Å²) in [5, 5.41) is 3.42. The molecule has 3 rings (SSSR count). The smallest absolute Gasteiger partial charge is 0.109 e. The van der Waals surface area contributed by atoms with Crippen molar-refractivity contribution >= 4 is 0 Å². The van der Waals surface area contributed by atoms with Gasteiger partial charge in [-0.3, -0.25) is 0 Å². The average molecular weight is 263 g/mol. The maximum Gasteiger partial charge on any atom is 0.109 e. The molecule has 0 aliphatic carbocycles. The summed E-state index contributed by atoms with van der Waals surface area (Å²) in [5.74, 6) is 1.27. The van der Waals surface area contributed by atoms with E-state index in [1.165, 1.54) is 36.5 Å². The van der Waals surface area contributed by atoms with Crippen molar-refractivity contribution in [3.63, 3.8) is 0 Å². The van der Waals surface area contributed by atoms with Crippen LogP contribution in [-0.4, -0.2) is 28.8 Å². The van der Waals surface area contributed by atoms with Crippen molar-refractivity contribution in [2.45, 2.75) is 64.6 Å². The number of fused-ring (bicyclic) bond motifs is 1. The van der Waals surface area contributed by atoms with Crippen LogP contribution in [0.5, 0.6) is 0 Å². The van der Waals surface area contributed by atoms with E-state index in [1.807, 2.05) is 0 Å². The van der Waals surface area contributed by atoms with Gasteiger partial charge in [0.05, 0.1) is 18.3 Å². The molecule has 0 radical (unpaired) electrons. The molecule has 19 heavy (non-hydrogen) atoms. The highest BCUT2D eigenvalue weighted by atomic mass is 16.5. The molecule has 1 aromatic heterocycles. The molecule has 1 fully saturated rings. The first-order valence-electron chi connectivity index (χ1n) is 7.78. The molecular formula is C15H25N3O. The van der Waals surface area contributed by atoms with Gasteiger partial charge < -0.3 is 14.6 Å². The molecule has 106 valence electrons. The Morgan fingerprint density at radius 3 is 3.16 bits per heavy atom. The van der Waals surface area contributed by atoms with Crippen molar-refractivity contribution < 1.29 is 4.74 Å². The first-order chi connectivity index (χ1) is 9.38. The zero-order valence-electron chi connectivity index (χ0n) is 12.0. The summed E-state index contributed by atoms with van der Waals surface area (Å²) in [4.78, 5) is 4.85. The van der Waals surface area contributed by atoms with Crippen molar-refractivity contribution in [3.05, 3.63) is 17.2 Å². The van der Waals surface area contributed by atoms with Crippen molar-refractivity contribution in [1.29, 1.82) is 0 Å². The molecule has 1 saturated heterocycles. The van der Waals surface area contributed by atoms with Gasteiger partial charge in [0.1, 0.15) is 5.82 Å². The Balaban J connectivity index is 1.82. The van der Waals surface area contributed by atoms with Crippen molar-refractivity contribution in [3.8, 4) is 0 Å². The van der Waals surface area contributed by atoms with E-state index < -0.39 is 0 Å². The second-order valence-electron chi connectivity index (χ2n) is 5.70. The number of ether oxygens (including phenoxy) is 1. The summed E-state index contributed by atoms with van der Waals surface area (Å²) in [7, 11) is 0. The number of imidazole rings is 1. The first-order valence-corrected chi connectivity index (χ1v) is 7.78. The van der Waals surface area contributed by atoms with E-state index >= 15 is 0 Å². The molecule has 4 heteroatoms. The van der Waals surface area contributed by atoms with Gasteiger partial charge in [-0.2, -0.15) is 0 Å². The van der Waals surface area contributed by atoms with Crippen molar-refractivity contribution in [1.82, 2.24) is 14.9 Å². The molecule has 0 amide bonds. The third-order valence-corrected chi connectivity index (χ3v) is 4.20. The standard InChI is InChI=1S/C15H25N3O/c1-2-5-15-17-13-10-16-8-7-14(13)18(15)11-12-6-3-4-9-19-12/h12,16H,2-11H2,1H3. The Labute approximate surface area is 115 Å². The van der Waals surface area contributed by atoms with E-state index in [2.05, 4.69) is 16.8 Å². The SMILES string of the molecule is CCCc1nc2c(n1CC1CCCCO1)CCNC2. The van der Waals surface area contributed by atoms with Gasteiger partial charge in [0.25, 0.3) is 0 Å². The van der Waals surface area contributed by atoms with Gasteiger partial charge >= 0.3 is 0 Å². The van der Waals surface area contributed by atoms with Gasteiger partial charge in [-0.25, -0.2) is 4.98 Å².